The zero-order valence-corrected chi connectivity index (χ0v) is 11.1. The minimum atomic E-state index is 0.737. The molecule has 16 heavy (non-hydrogen) atoms. The highest BCUT2D eigenvalue weighted by molar-refractivity contribution is 9.11. The third-order valence-corrected chi connectivity index (χ3v) is 3.40. The molecule has 0 N–H and O–H groups in total. The third kappa shape index (κ3) is 2.33. The molecule has 0 atom stereocenters. The summed E-state index contributed by atoms with van der Waals surface area (Å²) in [5.74, 6) is 1.47. The van der Waals surface area contributed by atoms with Crippen molar-refractivity contribution in [1.29, 1.82) is 0 Å². The van der Waals surface area contributed by atoms with Gasteiger partial charge in [-0.25, -0.2) is 0 Å². The molecule has 84 valence electrons. The van der Waals surface area contributed by atoms with E-state index in [4.69, 9.17) is 9.47 Å². The number of ether oxygens (including phenoxy) is 2. The lowest BCUT2D eigenvalue weighted by molar-refractivity contribution is 0.394. The Kier molecular flexibility index (Phi) is 3.40. The maximum Gasteiger partial charge on any atom is 0.183 e. The lowest BCUT2D eigenvalue weighted by atomic mass is 10.2. The Balaban J connectivity index is 2.47. The van der Waals surface area contributed by atoms with Gasteiger partial charge in [0.25, 0.3) is 0 Å². The molecule has 2 aromatic rings. The number of aromatic nitrogens is 2. The second kappa shape index (κ2) is 4.80. The average molecular weight is 301 g/mol. The summed E-state index contributed by atoms with van der Waals surface area (Å²) in [6, 6.07) is 5.62. The number of hydrogen-bond acceptors (Lipinski definition) is 5. The average Bonchev–Trinajstić information content (AvgIpc) is 2.75. The summed E-state index contributed by atoms with van der Waals surface area (Å²) in [6.45, 7) is 0. The highest BCUT2D eigenvalue weighted by atomic mass is 79.9. The van der Waals surface area contributed by atoms with Crippen LogP contribution >= 0.6 is 27.3 Å². The minimum absolute atomic E-state index is 0.737. The Bertz CT molecular complexity index is 479. The summed E-state index contributed by atoms with van der Waals surface area (Å²) in [5, 5.41) is 8.78. The molecule has 0 saturated carbocycles. The number of hydrogen-bond donors (Lipinski definition) is 0. The molecule has 0 saturated heterocycles. The van der Waals surface area contributed by atoms with E-state index in [1.807, 2.05) is 18.2 Å². The first-order chi connectivity index (χ1) is 7.72. The fraction of sp³-hybridized carbons (Fsp3) is 0.200. The van der Waals surface area contributed by atoms with Gasteiger partial charge < -0.3 is 9.47 Å². The lowest BCUT2D eigenvalue weighted by Crippen LogP contribution is -1.88. The summed E-state index contributed by atoms with van der Waals surface area (Å²) >= 11 is 4.75. The fourth-order valence-corrected chi connectivity index (χ4v) is 2.35. The SMILES string of the molecule is COc1cc(OC)cc(-c2nnc(Br)s2)c1. The van der Waals surface area contributed by atoms with Crippen molar-refractivity contribution >= 4 is 27.3 Å². The standard InChI is InChI=1S/C10H9BrN2O2S/c1-14-7-3-6(4-8(5-7)15-2)9-12-13-10(11)16-9/h3-5H,1-2H3. The van der Waals surface area contributed by atoms with Crippen LogP contribution in [0.15, 0.2) is 22.1 Å². The van der Waals surface area contributed by atoms with Gasteiger partial charge in [0.15, 0.2) is 3.92 Å². The van der Waals surface area contributed by atoms with Gasteiger partial charge >= 0.3 is 0 Å². The summed E-state index contributed by atoms with van der Waals surface area (Å²) in [5.41, 5.74) is 0.930. The number of halogens is 1. The highest BCUT2D eigenvalue weighted by Gasteiger charge is 2.08. The molecule has 1 aromatic carbocycles. The van der Waals surface area contributed by atoms with Crippen molar-refractivity contribution in [1.82, 2.24) is 10.2 Å². The zero-order valence-electron chi connectivity index (χ0n) is 8.73. The van der Waals surface area contributed by atoms with Crippen LogP contribution in [0.1, 0.15) is 0 Å². The predicted octanol–water partition coefficient (Wildman–Crippen LogP) is 2.98. The van der Waals surface area contributed by atoms with E-state index in [1.165, 1.54) is 11.3 Å². The van der Waals surface area contributed by atoms with Crippen molar-refractivity contribution in [2.24, 2.45) is 0 Å². The summed E-state index contributed by atoms with van der Waals surface area (Å²) in [7, 11) is 3.24. The molecular weight excluding hydrogens is 292 g/mol. The number of rotatable bonds is 3. The minimum Gasteiger partial charge on any atom is -0.497 e. The second-order valence-electron chi connectivity index (χ2n) is 2.96. The number of nitrogens with zero attached hydrogens (tertiary/aromatic N) is 2. The van der Waals surface area contributed by atoms with E-state index >= 15 is 0 Å². The van der Waals surface area contributed by atoms with Gasteiger partial charge in [0.1, 0.15) is 16.5 Å². The second-order valence-corrected chi connectivity index (χ2v) is 5.22. The van der Waals surface area contributed by atoms with Crippen LogP contribution in [0.2, 0.25) is 0 Å². The van der Waals surface area contributed by atoms with Crippen molar-refractivity contribution in [3.05, 3.63) is 22.1 Å². The first kappa shape index (κ1) is 11.3. The molecule has 4 nitrogen and oxygen atoms in total. The van der Waals surface area contributed by atoms with Crippen LogP contribution in [0.4, 0.5) is 0 Å². The van der Waals surface area contributed by atoms with Crippen molar-refractivity contribution in [3.8, 4) is 22.1 Å². The fourth-order valence-electron chi connectivity index (χ4n) is 1.25. The van der Waals surface area contributed by atoms with E-state index in [1.54, 1.807) is 14.2 Å². The molecule has 0 unspecified atom stereocenters. The first-order valence-corrected chi connectivity index (χ1v) is 6.06. The molecule has 0 amide bonds. The van der Waals surface area contributed by atoms with Crippen molar-refractivity contribution in [2.45, 2.75) is 0 Å². The Labute approximate surface area is 105 Å². The number of methoxy groups -OCH3 is 2. The summed E-state index contributed by atoms with van der Waals surface area (Å²) < 4.78 is 11.1. The molecule has 0 aliphatic rings. The van der Waals surface area contributed by atoms with E-state index in [-0.39, 0.29) is 0 Å². The van der Waals surface area contributed by atoms with Gasteiger partial charge in [0, 0.05) is 11.6 Å². The van der Waals surface area contributed by atoms with E-state index in [0.717, 1.165) is 26.0 Å². The molecule has 2 rings (SSSR count). The van der Waals surface area contributed by atoms with Gasteiger partial charge in [0.05, 0.1) is 14.2 Å². The maximum atomic E-state index is 5.19. The van der Waals surface area contributed by atoms with Gasteiger partial charge in [-0.1, -0.05) is 11.3 Å². The highest BCUT2D eigenvalue weighted by Crippen LogP contribution is 2.32. The Morgan fingerprint density at radius 1 is 1.06 bits per heavy atom. The zero-order chi connectivity index (χ0) is 11.5. The summed E-state index contributed by atoms with van der Waals surface area (Å²) in [4.78, 5) is 0. The molecule has 1 aromatic heterocycles. The van der Waals surface area contributed by atoms with Crippen molar-refractivity contribution in [3.63, 3.8) is 0 Å². The third-order valence-electron chi connectivity index (χ3n) is 2.00. The van der Waals surface area contributed by atoms with Gasteiger partial charge in [-0.15, -0.1) is 10.2 Å². The van der Waals surface area contributed by atoms with Gasteiger partial charge in [0.2, 0.25) is 0 Å². The topological polar surface area (TPSA) is 44.2 Å². The molecule has 1 heterocycles. The number of benzene rings is 1. The van der Waals surface area contributed by atoms with Crippen molar-refractivity contribution in [2.75, 3.05) is 14.2 Å². The van der Waals surface area contributed by atoms with Gasteiger partial charge in [-0.3, -0.25) is 0 Å². The first-order valence-electron chi connectivity index (χ1n) is 4.45. The molecule has 0 radical (unpaired) electrons. The Hall–Kier alpha value is -1.14. The van der Waals surface area contributed by atoms with Crippen LogP contribution in [-0.4, -0.2) is 24.4 Å². The smallest absolute Gasteiger partial charge is 0.183 e. The van der Waals surface area contributed by atoms with E-state index in [2.05, 4.69) is 26.1 Å². The van der Waals surface area contributed by atoms with E-state index < -0.39 is 0 Å². The predicted molar refractivity (Wildman–Crippen MR) is 66.1 cm³/mol. The molecule has 0 aliphatic carbocycles. The van der Waals surface area contributed by atoms with E-state index in [0.29, 0.717) is 0 Å². The van der Waals surface area contributed by atoms with Gasteiger partial charge in [-0.2, -0.15) is 0 Å². The van der Waals surface area contributed by atoms with Crippen LogP contribution < -0.4 is 9.47 Å². The molecule has 0 bridgehead atoms. The maximum absolute atomic E-state index is 5.19. The molecule has 6 heteroatoms. The van der Waals surface area contributed by atoms with Crippen LogP contribution in [0, 0.1) is 0 Å². The van der Waals surface area contributed by atoms with Crippen molar-refractivity contribution < 1.29 is 9.47 Å². The Morgan fingerprint density at radius 2 is 1.69 bits per heavy atom. The normalized spacial score (nSPS) is 10.2. The molecule has 0 fully saturated rings. The molecular formula is C10H9BrN2O2S. The van der Waals surface area contributed by atoms with Crippen LogP contribution in [0.5, 0.6) is 11.5 Å². The van der Waals surface area contributed by atoms with Crippen LogP contribution in [0.25, 0.3) is 10.6 Å². The quantitative estimate of drug-likeness (QED) is 0.874. The monoisotopic (exact) mass is 300 g/mol. The Morgan fingerprint density at radius 3 is 2.12 bits per heavy atom. The van der Waals surface area contributed by atoms with Crippen LogP contribution in [-0.2, 0) is 0 Å². The van der Waals surface area contributed by atoms with Gasteiger partial charge in [-0.05, 0) is 28.1 Å². The largest absolute Gasteiger partial charge is 0.497 e. The lowest BCUT2D eigenvalue weighted by Gasteiger charge is -2.05. The van der Waals surface area contributed by atoms with E-state index in [9.17, 15) is 0 Å². The molecule has 0 aliphatic heterocycles. The van der Waals surface area contributed by atoms with Crippen LogP contribution in [0.3, 0.4) is 0 Å². The summed E-state index contributed by atoms with van der Waals surface area (Å²) in [6.07, 6.45) is 0. The molecule has 0 spiro atoms.